The first-order valence-corrected chi connectivity index (χ1v) is 3.70. The molecule has 0 atom stereocenters. The Labute approximate surface area is 70.8 Å². The molecule has 0 aliphatic heterocycles. The van der Waals surface area contributed by atoms with Crippen LogP contribution in [0.1, 0.15) is 6.92 Å². The summed E-state index contributed by atoms with van der Waals surface area (Å²) in [5, 5.41) is 19.4. The van der Waals surface area contributed by atoms with Crippen LogP contribution in [0.3, 0.4) is 0 Å². The first-order chi connectivity index (χ1) is 5.65. The van der Waals surface area contributed by atoms with Crippen LogP contribution in [-0.4, -0.2) is 16.9 Å². The van der Waals surface area contributed by atoms with Gasteiger partial charge in [0.2, 0.25) is 0 Å². The van der Waals surface area contributed by atoms with Crippen LogP contribution in [0.25, 0.3) is 0 Å². The van der Waals surface area contributed by atoms with Crippen LogP contribution in [-0.2, 0) is 0 Å². The van der Waals surface area contributed by atoms with Gasteiger partial charge in [0.25, 0.3) is 0 Å². The van der Waals surface area contributed by atoms with E-state index in [1.807, 2.05) is 6.92 Å². The van der Waals surface area contributed by atoms with Crippen molar-refractivity contribution in [2.45, 2.75) is 6.92 Å². The quantitative estimate of drug-likeness (QED) is 0.352. The third-order valence-corrected chi connectivity index (χ3v) is 1.61. The summed E-state index contributed by atoms with van der Waals surface area (Å²) in [5.74, 6) is 0.0308. The van der Waals surface area contributed by atoms with E-state index in [9.17, 15) is 5.21 Å². The Morgan fingerprint density at radius 1 is 1.50 bits per heavy atom. The van der Waals surface area contributed by atoms with Gasteiger partial charge >= 0.3 is 0 Å². The van der Waals surface area contributed by atoms with Gasteiger partial charge < -0.3 is 10.8 Å². The molecule has 0 radical (unpaired) electrons. The highest BCUT2D eigenvalue weighted by atomic mass is 16.5. The number of rotatable bonds is 2. The van der Waals surface area contributed by atoms with Gasteiger partial charge in [-0.25, -0.2) is 0 Å². The molecule has 1 rings (SSSR count). The van der Waals surface area contributed by atoms with Crippen molar-refractivity contribution in [3.8, 4) is 5.75 Å². The molecular weight excluding hydrogens is 156 g/mol. The second-order valence-electron chi connectivity index (χ2n) is 2.46. The highest BCUT2D eigenvalue weighted by Gasteiger charge is 2.02. The molecule has 4 N–H and O–H groups in total. The Hall–Kier alpha value is -1.42. The lowest BCUT2D eigenvalue weighted by molar-refractivity contribution is 0.260. The number of phenols is 1. The van der Waals surface area contributed by atoms with Gasteiger partial charge in [0.1, 0.15) is 5.75 Å². The number of hydrogen-bond donors (Lipinski definition) is 3. The van der Waals surface area contributed by atoms with Gasteiger partial charge in [0, 0.05) is 6.54 Å². The van der Waals surface area contributed by atoms with Crippen LogP contribution in [0, 0.1) is 0 Å². The van der Waals surface area contributed by atoms with Crippen molar-refractivity contribution >= 4 is 11.4 Å². The molecule has 0 spiro atoms. The third-order valence-electron chi connectivity index (χ3n) is 1.61. The third kappa shape index (κ3) is 1.60. The number of hydroxylamine groups is 1. The van der Waals surface area contributed by atoms with Crippen molar-refractivity contribution in [2.75, 3.05) is 17.3 Å². The fourth-order valence-electron chi connectivity index (χ4n) is 0.885. The van der Waals surface area contributed by atoms with Crippen molar-refractivity contribution in [2.24, 2.45) is 0 Å². The molecule has 0 aliphatic carbocycles. The standard InChI is InChI=1S/C8H12N2O2/c1-2-10(12)6-3-4-8(11)7(9)5-6/h3-5,11-12H,2,9H2,1H3. The number of benzene rings is 1. The summed E-state index contributed by atoms with van der Waals surface area (Å²) in [6, 6.07) is 4.55. The van der Waals surface area contributed by atoms with Crippen molar-refractivity contribution in [3.63, 3.8) is 0 Å². The average Bonchev–Trinajstić information content (AvgIpc) is 2.08. The molecule has 0 aliphatic rings. The Balaban J connectivity index is 2.96. The summed E-state index contributed by atoms with van der Waals surface area (Å²) in [6.45, 7) is 2.28. The van der Waals surface area contributed by atoms with Crippen LogP contribution in [0.4, 0.5) is 11.4 Å². The van der Waals surface area contributed by atoms with E-state index in [-0.39, 0.29) is 11.4 Å². The highest BCUT2D eigenvalue weighted by Crippen LogP contribution is 2.24. The molecular formula is C8H12N2O2. The van der Waals surface area contributed by atoms with E-state index < -0.39 is 0 Å². The Bertz CT molecular complexity index is 276. The topological polar surface area (TPSA) is 69.7 Å². The zero-order chi connectivity index (χ0) is 9.14. The zero-order valence-electron chi connectivity index (χ0n) is 6.86. The number of nitrogen functional groups attached to an aromatic ring is 1. The predicted molar refractivity (Wildman–Crippen MR) is 47.3 cm³/mol. The van der Waals surface area contributed by atoms with Gasteiger partial charge in [-0.05, 0) is 25.1 Å². The number of aromatic hydroxyl groups is 1. The van der Waals surface area contributed by atoms with Gasteiger partial charge in [0.15, 0.2) is 0 Å². The van der Waals surface area contributed by atoms with Crippen LogP contribution in [0.15, 0.2) is 18.2 Å². The molecule has 0 fully saturated rings. The fourth-order valence-corrected chi connectivity index (χ4v) is 0.885. The van der Waals surface area contributed by atoms with Crippen molar-refractivity contribution in [1.29, 1.82) is 0 Å². The van der Waals surface area contributed by atoms with E-state index in [1.54, 1.807) is 6.07 Å². The molecule has 0 aromatic heterocycles. The molecule has 0 amide bonds. The molecule has 66 valence electrons. The van der Waals surface area contributed by atoms with Crippen molar-refractivity contribution in [3.05, 3.63) is 18.2 Å². The van der Waals surface area contributed by atoms with Crippen LogP contribution < -0.4 is 10.8 Å². The fraction of sp³-hybridized carbons (Fsp3) is 0.250. The van der Waals surface area contributed by atoms with E-state index in [4.69, 9.17) is 10.8 Å². The Morgan fingerprint density at radius 3 is 2.67 bits per heavy atom. The first kappa shape index (κ1) is 8.67. The van der Waals surface area contributed by atoms with Gasteiger partial charge in [-0.3, -0.25) is 10.3 Å². The molecule has 1 aromatic rings. The Kier molecular flexibility index (Phi) is 2.40. The largest absolute Gasteiger partial charge is 0.506 e. The Morgan fingerprint density at radius 2 is 2.17 bits per heavy atom. The maximum absolute atomic E-state index is 9.24. The molecule has 1 aromatic carbocycles. The lowest BCUT2D eigenvalue weighted by atomic mass is 10.2. The van der Waals surface area contributed by atoms with Crippen LogP contribution in [0.5, 0.6) is 5.75 Å². The molecule has 0 bridgehead atoms. The maximum atomic E-state index is 9.24. The SMILES string of the molecule is CCN(O)c1ccc(O)c(N)c1. The molecule has 12 heavy (non-hydrogen) atoms. The molecule has 0 unspecified atom stereocenters. The second-order valence-corrected chi connectivity index (χ2v) is 2.46. The molecule has 4 heteroatoms. The molecule has 0 heterocycles. The normalized spacial score (nSPS) is 9.83. The molecule has 4 nitrogen and oxygen atoms in total. The van der Waals surface area contributed by atoms with E-state index in [1.165, 1.54) is 12.1 Å². The maximum Gasteiger partial charge on any atom is 0.138 e. The average molecular weight is 168 g/mol. The number of phenolic OH excluding ortho intramolecular Hbond substituents is 1. The molecule has 0 saturated carbocycles. The monoisotopic (exact) mass is 168 g/mol. The number of anilines is 2. The van der Waals surface area contributed by atoms with Gasteiger partial charge in [-0.15, -0.1) is 0 Å². The lowest BCUT2D eigenvalue weighted by Crippen LogP contribution is -2.16. The van der Waals surface area contributed by atoms with E-state index in [0.29, 0.717) is 12.2 Å². The van der Waals surface area contributed by atoms with Crippen LogP contribution >= 0.6 is 0 Å². The zero-order valence-corrected chi connectivity index (χ0v) is 6.86. The van der Waals surface area contributed by atoms with Gasteiger partial charge in [0.05, 0.1) is 11.4 Å². The van der Waals surface area contributed by atoms with E-state index >= 15 is 0 Å². The van der Waals surface area contributed by atoms with Crippen molar-refractivity contribution < 1.29 is 10.3 Å². The molecule has 0 saturated heterocycles. The minimum Gasteiger partial charge on any atom is -0.506 e. The minimum absolute atomic E-state index is 0.0308. The minimum atomic E-state index is 0.0308. The number of nitrogens with zero attached hydrogens (tertiary/aromatic N) is 1. The van der Waals surface area contributed by atoms with Gasteiger partial charge in [-0.1, -0.05) is 0 Å². The van der Waals surface area contributed by atoms with Crippen molar-refractivity contribution in [1.82, 2.24) is 0 Å². The smallest absolute Gasteiger partial charge is 0.138 e. The summed E-state index contributed by atoms with van der Waals surface area (Å²) in [5.41, 5.74) is 6.27. The van der Waals surface area contributed by atoms with Crippen LogP contribution in [0.2, 0.25) is 0 Å². The summed E-state index contributed by atoms with van der Waals surface area (Å²) in [6.07, 6.45) is 0. The number of nitrogens with two attached hydrogens (primary N) is 1. The van der Waals surface area contributed by atoms with E-state index in [2.05, 4.69) is 0 Å². The second kappa shape index (κ2) is 3.32. The highest BCUT2D eigenvalue weighted by molar-refractivity contribution is 5.61. The summed E-state index contributed by atoms with van der Waals surface area (Å²) in [7, 11) is 0. The van der Waals surface area contributed by atoms with Gasteiger partial charge in [-0.2, -0.15) is 0 Å². The van der Waals surface area contributed by atoms with E-state index in [0.717, 1.165) is 5.06 Å². The summed E-state index contributed by atoms with van der Waals surface area (Å²) >= 11 is 0. The number of hydrogen-bond acceptors (Lipinski definition) is 4. The first-order valence-electron chi connectivity index (χ1n) is 3.70. The predicted octanol–water partition coefficient (Wildman–Crippen LogP) is 1.19. The summed E-state index contributed by atoms with van der Waals surface area (Å²) in [4.78, 5) is 0. The lowest BCUT2D eigenvalue weighted by Gasteiger charge is -2.14. The summed E-state index contributed by atoms with van der Waals surface area (Å²) < 4.78 is 0.